The average Bonchev–Trinajstić information content (AvgIpc) is 2.60. The van der Waals surface area contributed by atoms with E-state index in [2.05, 4.69) is 10.3 Å². The Morgan fingerprint density at radius 2 is 1.88 bits per heavy atom. The van der Waals surface area contributed by atoms with Crippen molar-refractivity contribution in [1.82, 2.24) is 4.98 Å². The van der Waals surface area contributed by atoms with Crippen LogP contribution in [0.1, 0.15) is 28.4 Å². The number of nitrogens with one attached hydrogen (secondary N) is 1. The Hall–Kier alpha value is -2.61. The molecule has 0 atom stereocenters. The minimum absolute atomic E-state index is 0.256. The molecule has 0 bridgehead atoms. The Kier molecular flexibility index (Phi) is 6.20. The number of aromatic nitrogens is 1. The molecule has 138 valence electrons. The minimum atomic E-state index is -4.60. The lowest BCUT2D eigenvalue weighted by atomic mass is 10.1. The summed E-state index contributed by atoms with van der Waals surface area (Å²) in [6.45, 7) is 1.34. The van der Waals surface area contributed by atoms with E-state index in [-0.39, 0.29) is 16.4 Å². The maximum Gasteiger partial charge on any atom is 0.417 e. The van der Waals surface area contributed by atoms with Crippen LogP contribution in [-0.2, 0) is 22.1 Å². The summed E-state index contributed by atoms with van der Waals surface area (Å²) in [7, 11) is 0. The predicted molar refractivity (Wildman–Crippen MR) is 89.0 cm³/mol. The van der Waals surface area contributed by atoms with E-state index < -0.39 is 30.2 Å². The van der Waals surface area contributed by atoms with Crippen molar-refractivity contribution in [1.29, 1.82) is 0 Å². The van der Waals surface area contributed by atoms with Gasteiger partial charge in [-0.2, -0.15) is 13.2 Å². The van der Waals surface area contributed by atoms with Crippen LogP contribution in [0.25, 0.3) is 0 Å². The number of anilines is 1. The van der Waals surface area contributed by atoms with E-state index in [1.165, 1.54) is 0 Å². The topological polar surface area (TPSA) is 68.3 Å². The Morgan fingerprint density at radius 1 is 1.23 bits per heavy atom. The Morgan fingerprint density at radius 3 is 2.42 bits per heavy atom. The minimum Gasteiger partial charge on any atom is -0.452 e. The van der Waals surface area contributed by atoms with Gasteiger partial charge < -0.3 is 10.1 Å². The molecule has 0 saturated carbocycles. The van der Waals surface area contributed by atoms with E-state index in [4.69, 9.17) is 16.3 Å². The van der Waals surface area contributed by atoms with Crippen molar-refractivity contribution in [2.75, 3.05) is 11.9 Å². The van der Waals surface area contributed by atoms with Crippen molar-refractivity contribution in [3.05, 3.63) is 58.2 Å². The number of ether oxygens (including phenoxy) is 1. The van der Waals surface area contributed by atoms with E-state index in [0.717, 1.165) is 12.0 Å². The number of nitrogens with zero attached hydrogens (tertiary/aromatic N) is 1. The van der Waals surface area contributed by atoms with Gasteiger partial charge in [-0.25, -0.2) is 9.78 Å². The number of carbonyl (C=O) groups is 2. The van der Waals surface area contributed by atoms with Gasteiger partial charge in [0.2, 0.25) is 0 Å². The fourth-order valence-corrected chi connectivity index (χ4v) is 2.16. The summed E-state index contributed by atoms with van der Waals surface area (Å²) >= 11 is 5.68. The normalized spacial score (nSPS) is 11.1. The van der Waals surface area contributed by atoms with E-state index in [1.54, 1.807) is 24.3 Å². The molecule has 0 aliphatic heterocycles. The second-order valence-electron chi connectivity index (χ2n) is 5.23. The standard InChI is InChI=1S/C17H14ClF3N2O3/c1-2-10-3-5-11(6-4-10)16(25)26-9-14(24)23-15-13(18)7-12(8-22-15)17(19,20)21/h3-8H,2,9H2,1H3,(H,22,23,24). The summed E-state index contributed by atoms with van der Waals surface area (Å²) in [5.41, 5.74) is 0.283. The van der Waals surface area contributed by atoms with Gasteiger partial charge in [0.1, 0.15) is 0 Å². The monoisotopic (exact) mass is 386 g/mol. The summed E-state index contributed by atoms with van der Waals surface area (Å²) in [5.74, 6) is -1.74. The van der Waals surface area contributed by atoms with Gasteiger partial charge in [0.15, 0.2) is 12.4 Å². The summed E-state index contributed by atoms with van der Waals surface area (Å²) in [6.07, 6.45) is -3.23. The fraction of sp³-hybridized carbons (Fsp3) is 0.235. The Balaban J connectivity index is 1.93. The van der Waals surface area contributed by atoms with Crippen LogP contribution in [0.3, 0.4) is 0 Å². The molecule has 0 aliphatic carbocycles. The molecule has 5 nitrogen and oxygen atoms in total. The van der Waals surface area contributed by atoms with Crippen LogP contribution >= 0.6 is 11.6 Å². The van der Waals surface area contributed by atoms with E-state index >= 15 is 0 Å². The van der Waals surface area contributed by atoms with Crippen LogP contribution in [0, 0.1) is 0 Å². The highest BCUT2D eigenvalue weighted by Crippen LogP contribution is 2.32. The van der Waals surface area contributed by atoms with E-state index in [0.29, 0.717) is 12.3 Å². The molecule has 1 heterocycles. The summed E-state index contributed by atoms with van der Waals surface area (Å²) in [4.78, 5) is 27.1. The molecule has 1 aromatic heterocycles. The SMILES string of the molecule is CCc1ccc(C(=O)OCC(=O)Nc2ncc(C(F)(F)F)cc2Cl)cc1. The Labute approximate surface area is 152 Å². The lowest BCUT2D eigenvalue weighted by molar-refractivity contribution is -0.137. The molecular formula is C17H14ClF3N2O3. The number of esters is 1. The summed E-state index contributed by atoms with van der Waals surface area (Å²) in [5, 5.41) is 1.81. The lowest BCUT2D eigenvalue weighted by Crippen LogP contribution is -2.22. The molecule has 0 spiro atoms. The third-order valence-corrected chi connectivity index (χ3v) is 3.65. The fourth-order valence-electron chi connectivity index (χ4n) is 1.94. The van der Waals surface area contributed by atoms with Crippen LogP contribution in [0.2, 0.25) is 5.02 Å². The smallest absolute Gasteiger partial charge is 0.417 e. The predicted octanol–water partition coefficient (Wildman–Crippen LogP) is 4.11. The Bertz CT molecular complexity index is 808. The zero-order valence-electron chi connectivity index (χ0n) is 13.6. The third kappa shape index (κ3) is 5.19. The van der Waals surface area contributed by atoms with Crippen LogP contribution in [0.5, 0.6) is 0 Å². The van der Waals surface area contributed by atoms with Gasteiger partial charge in [0.05, 0.1) is 16.1 Å². The van der Waals surface area contributed by atoms with Gasteiger partial charge in [0.25, 0.3) is 5.91 Å². The second kappa shape index (κ2) is 8.18. The zero-order chi connectivity index (χ0) is 19.3. The van der Waals surface area contributed by atoms with Gasteiger partial charge in [-0.1, -0.05) is 30.7 Å². The molecular weight excluding hydrogens is 373 g/mol. The van der Waals surface area contributed by atoms with Crippen molar-refractivity contribution in [3.63, 3.8) is 0 Å². The molecule has 2 rings (SSSR count). The van der Waals surface area contributed by atoms with Gasteiger partial charge in [-0.05, 0) is 30.2 Å². The highest BCUT2D eigenvalue weighted by atomic mass is 35.5. The van der Waals surface area contributed by atoms with Gasteiger partial charge >= 0.3 is 12.1 Å². The van der Waals surface area contributed by atoms with Crippen LogP contribution in [-0.4, -0.2) is 23.5 Å². The maximum absolute atomic E-state index is 12.5. The largest absolute Gasteiger partial charge is 0.452 e. The van der Waals surface area contributed by atoms with Crippen molar-refractivity contribution in [2.24, 2.45) is 0 Å². The summed E-state index contributed by atoms with van der Waals surface area (Å²) in [6, 6.07) is 7.33. The second-order valence-corrected chi connectivity index (χ2v) is 5.63. The van der Waals surface area contributed by atoms with Crippen LogP contribution in [0.4, 0.5) is 19.0 Å². The van der Waals surface area contributed by atoms with Crippen LogP contribution < -0.4 is 5.32 Å². The number of aryl methyl sites for hydroxylation is 1. The van der Waals surface area contributed by atoms with Crippen molar-refractivity contribution in [2.45, 2.75) is 19.5 Å². The first kappa shape index (κ1) is 19.7. The first-order valence-corrected chi connectivity index (χ1v) is 7.87. The number of alkyl halides is 3. The van der Waals surface area contributed by atoms with E-state index in [1.807, 2.05) is 6.92 Å². The van der Waals surface area contributed by atoms with Crippen LogP contribution in [0.15, 0.2) is 36.5 Å². The molecule has 1 aromatic carbocycles. The number of rotatable bonds is 5. The van der Waals surface area contributed by atoms with E-state index in [9.17, 15) is 22.8 Å². The van der Waals surface area contributed by atoms with Crippen molar-refractivity contribution in [3.8, 4) is 0 Å². The molecule has 1 N–H and O–H groups in total. The molecule has 1 amide bonds. The number of benzene rings is 1. The number of amides is 1. The molecule has 9 heteroatoms. The lowest BCUT2D eigenvalue weighted by Gasteiger charge is -2.10. The number of pyridine rings is 1. The molecule has 26 heavy (non-hydrogen) atoms. The molecule has 0 radical (unpaired) electrons. The first-order chi connectivity index (χ1) is 12.2. The number of hydrogen-bond acceptors (Lipinski definition) is 4. The number of carbonyl (C=O) groups excluding carboxylic acids is 2. The average molecular weight is 387 g/mol. The molecule has 0 fully saturated rings. The molecule has 0 unspecified atom stereocenters. The number of hydrogen-bond donors (Lipinski definition) is 1. The highest BCUT2D eigenvalue weighted by molar-refractivity contribution is 6.33. The van der Waals surface area contributed by atoms with Gasteiger partial charge in [-0.15, -0.1) is 0 Å². The quantitative estimate of drug-likeness (QED) is 0.785. The maximum atomic E-state index is 12.5. The molecule has 0 aliphatic rings. The van der Waals surface area contributed by atoms with Gasteiger partial charge in [-0.3, -0.25) is 4.79 Å². The zero-order valence-corrected chi connectivity index (χ0v) is 14.3. The first-order valence-electron chi connectivity index (χ1n) is 7.49. The molecule has 2 aromatic rings. The highest BCUT2D eigenvalue weighted by Gasteiger charge is 2.31. The molecule has 0 saturated heterocycles. The van der Waals surface area contributed by atoms with Gasteiger partial charge in [0, 0.05) is 6.20 Å². The van der Waals surface area contributed by atoms with Crippen molar-refractivity contribution < 1.29 is 27.5 Å². The number of halogens is 4. The third-order valence-electron chi connectivity index (χ3n) is 3.36. The van der Waals surface area contributed by atoms with Crippen molar-refractivity contribution >= 4 is 29.3 Å². The summed E-state index contributed by atoms with van der Waals surface area (Å²) < 4.78 is 42.5.